The minimum absolute atomic E-state index is 0.494. The van der Waals surface area contributed by atoms with Crippen molar-refractivity contribution in [1.29, 1.82) is 0 Å². The van der Waals surface area contributed by atoms with Gasteiger partial charge in [-0.05, 0) is 12.8 Å². The number of nitrogens with two attached hydrogens (primary N) is 1. The van der Waals surface area contributed by atoms with Crippen LogP contribution < -0.4 is 5.73 Å². The minimum Gasteiger partial charge on any atom is -0.480 e. The predicted molar refractivity (Wildman–Crippen MR) is 47.1 cm³/mol. The molecule has 0 aliphatic carbocycles. The number of hydrogen-bond acceptors (Lipinski definition) is 3. The Bertz CT molecular complexity index is 258. The van der Waals surface area contributed by atoms with Crippen molar-refractivity contribution >= 4 is 5.97 Å². The number of aromatic nitrogens is 2. The minimum atomic E-state index is -0.939. The number of carboxylic acids is 1. The van der Waals surface area contributed by atoms with Crippen LogP contribution in [0, 0.1) is 0 Å². The summed E-state index contributed by atoms with van der Waals surface area (Å²) in [5.41, 5.74) is 5.33. The van der Waals surface area contributed by atoms with Crippen LogP contribution in [-0.4, -0.2) is 26.7 Å². The molecule has 0 spiro atoms. The van der Waals surface area contributed by atoms with Gasteiger partial charge in [-0.1, -0.05) is 0 Å². The number of hydrogen-bond donors (Lipinski definition) is 2. The molecule has 0 radical (unpaired) electrons. The van der Waals surface area contributed by atoms with E-state index in [2.05, 4.69) is 4.98 Å². The summed E-state index contributed by atoms with van der Waals surface area (Å²) in [6.07, 6.45) is 6.48. The SMILES string of the molecule is NC(CCCn1ccnc1)C(=O)O. The van der Waals surface area contributed by atoms with Crippen LogP contribution in [0.1, 0.15) is 12.8 Å². The van der Waals surface area contributed by atoms with Gasteiger partial charge >= 0.3 is 5.97 Å². The van der Waals surface area contributed by atoms with E-state index in [9.17, 15) is 4.79 Å². The molecule has 5 nitrogen and oxygen atoms in total. The summed E-state index contributed by atoms with van der Waals surface area (Å²) < 4.78 is 1.90. The second-order valence-electron chi connectivity index (χ2n) is 2.89. The summed E-state index contributed by atoms with van der Waals surface area (Å²) in [6, 6.07) is -0.747. The lowest BCUT2D eigenvalue weighted by molar-refractivity contribution is -0.138. The summed E-state index contributed by atoms with van der Waals surface area (Å²) >= 11 is 0. The Labute approximate surface area is 76.2 Å². The monoisotopic (exact) mass is 183 g/mol. The maximum Gasteiger partial charge on any atom is 0.320 e. The lowest BCUT2D eigenvalue weighted by Crippen LogP contribution is -2.30. The molecule has 0 aromatic carbocycles. The van der Waals surface area contributed by atoms with E-state index in [1.165, 1.54) is 0 Å². The van der Waals surface area contributed by atoms with Gasteiger partial charge in [0.15, 0.2) is 0 Å². The number of nitrogens with zero attached hydrogens (tertiary/aromatic N) is 2. The number of aliphatic carboxylic acids is 1. The van der Waals surface area contributed by atoms with E-state index in [1.54, 1.807) is 12.5 Å². The average Bonchev–Trinajstić information content (AvgIpc) is 2.56. The smallest absolute Gasteiger partial charge is 0.320 e. The third-order valence-electron chi connectivity index (χ3n) is 1.81. The summed E-state index contributed by atoms with van der Waals surface area (Å²) in [4.78, 5) is 14.2. The molecule has 0 bridgehead atoms. The number of rotatable bonds is 5. The van der Waals surface area contributed by atoms with Gasteiger partial charge < -0.3 is 15.4 Å². The van der Waals surface area contributed by atoms with Gasteiger partial charge in [-0.2, -0.15) is 0 Å². The molecule has 1 atom stereocenters. The molecule has 1 aromatic heterocycles. The molecular weight excluding hydrogens is 170 g/mol. The Morgan fingerprint density at radius 2 is 2.46 bits per heavy atom. The van der Waals surface area contributed by atoms with E-state index >= 15 is 0 Å². The largest absolute Gasteiger partial charge is 0.480 e. The third kappa shape index (κ3) is 3.25. The van der Waals surface area contributed by atoms with E-state index in [0.717, 1.165) is 13.0 Å². The fourth-order valence-corrected chi connectivity index (χ4v) is 1.04. The van der Waals surface area contributed by atoms with Crippen molar-refractivity contribution in [1.82, 2.24) is 9.55 Å². The zero-order chi connectivity index (χ0) is 9.68. The lowest BCUT2D eigenvalue weighted by atomic mass is 10.2. The first kappa shape index (κ1) is 9.73. The number of carbonyl (C=O) groups is 1. The summed E-state index contributed by atoms with van der Waals surface area (Å²) in [5.74, 6) is -0.939. The molecular formula is C8H13N3O2. The second-order valence-corrected chi connectivity index (χ2v) is 2.89. The standard InChI is InChI=1S/C8H13N3O2/c9-7(8(12)13)2-1-4-11-5-3-10-6-11/h3,5-7H,1-2,4,9H2,(H,12,13). The maximum atomic E-state index is 10.3. The zero-order valence-corrected chi connectivity index (χ0v) is 7.26. The van der Waals surface area contributed by atoms with E-state index < -0.39 is 12.0 Å². The molecule has 0 aliphatic rings. The van der Waals surface area contributed by atoms with Gasteiger partial charge in [0.2, 0.25) is 0 Å². The van der Waals surface area contributed by atoms with Crippen LogP contribution in [0.5, 0.6) is 0 Å². The number of aryl methyl sites for hydroxylation is 1. The molecule has 0 saturated heterocycles. The fourth-order valence-electron chi connectivity index (χ4n) is 1.04. The Morgan fingerprint density at radius 3 is 3.00 bits per heavy atom. The van der Waals surface area contributed by atoms with Gasteiger partial charge in [-0.25, -0.2) is 4.98 Å². The normalized spacial score (nSPS) is 12.7. The second kappa shape index (κ2) is 4.61. The van der Waals surface area contributed by atoms with Crippen LogP contribution in [0.4, 0.5) is 0 Å². The molecule has 13 heavy (non-hydrogen) atoms. The first-order valence-corrected chi connectivity index (χ1v) is 4.14. The highest BCUT2D eigenvalue weighted by Crippen LogP contribution is 1.98. The van der Waals surface area contributed by atoms with Gasteiger partial charge in [0, 0.05) is 18.9 Å². The van der Waals surface area contributed by atoms with Crippen LogP contribution in [0.15, 0.2) is 18.7 Å². The fraction of sp³-hybridized carbons (Fsp3) is 0.500. The molecule has 5 heteroatoms. The molecule has 1 heterocycles. The maximum absolute atomic E-state index is 10.3. The van der Waals surface area contributed by atoms with E-state index in [0.29, 0.717) is 6.42 Å². The predicted octanol–water partition coefficient (Wildman–Crippen LogP) is 0.0752. The summed E-state index contributed by atoms with van der Waals surface area (Å²) in [6.45, 7) is 0.765. The molecule has 0 amide bonds. The van der Waals surface area contributed by atoms with E-state index in [1.807, 2.05) is 10.8 Å². The average molecular weight is 183 g/mol. The van der Waals surface area contributed by atoms with E-state index in [-0.39, 0.29) is 0 Å². The summed E-state index contributed by atoms with van der Waals surface area (Å²) in [5, 5.41) is 8.50. The Hall–Kier alpha value is -1.36. The van der Waals surface area contributed by atoms with Crippen molar-refractivity contribution in [3.8, 4) is 0 Å². The summed E-state index contributed by atoms with van der Waals surface area (Å²) in [7, 11) is 0. The van der Waals surface area contributed by atoms with Crippen molar-refractivity contribution in [2.45, 2.75) is 25.4 Å². The highest BCUT2D eigenvalue weighted by atomic mass is 16.4. The molecule has 0 saturated carbocycles. The Balaban J connectivity index is 2.18. The molecule has 1 unspecified atom stereocenters. The highest BCUT2D eigenvalue weighted by molar-refractivity contribution is 5.72. The Kier molecular flexibility index (Phi) is 3.45. The van der Waals surface area contributed by atoms with Crippen molar-refractivity contribution in [2.75, 3.05) is 0 Å². The highest BCUT2D eigenvalue weighted by Gasteiger charge is 2.09. The number of imidazole rings is 1. The van der Waals surface area contributed by atoms with Gasteiger partial charge in [-0.15, -0.1) is 0 Å². The third-order valence-corrected chi connectivity index (χ3v) is 1.81. The Morgan fingerprint density at radius 1 is 1.69 bits per heavy atom. The van der Waals surface area contributed by atoms with Crippen LogP contribution in [-0.2, 0) is 11.3 Å². The van der Waals surface area contributed by atoms with Crippen LogP contribution >= 0.6 is 0 Å². The molecule has 72 valence electrons. The van der Waals surface area contributed by atoms with Gasteiger partial charge in [0.25, 0.3) is 0 Å². The van der Waals surface area contributed by atoms with Gasteiger partial charge in [0.1, 0.15) is 6.04 Å². The zero-order valence-electron chi connectivity index (χ0n) is 7.26. The first-order valence-electron chi connectivity index (χ1n) is 4.14. The first-order chi connectivity index (χ1) is 6.20. The molecule has 1 rings (SSSR count). The molecule has 3 N–H and O–H groups in total. The van der Waals surface area contributed by atoms with Gasteiger partial charge in [0.05, 0.1) is 6.33 Å². The van der Waals surface area contributed by atoms with Crippen molar-refractivity contribution in [3.63, 3.8) is 0 Å². The van der Waals surface area contributed by atoms with E-state index in [4.69, 9.17) is 10.8 Å². The van der Waals surface area contributed by atoms with Gasteiger partial charge in [-0.3, -0.25) is 4.79 Å². The molecule has 0 aliphatic heterocycles. The van der Waals surface area contributed by atoms with Crippen LogP contribution in [0.25, 0.3) is 0 Å². The van der Waals surface area contributed by atoms with Crippen molar-refractivity contribution in [3.05, 3.63) is 18.7 Å². The molecule has 1 aromatic rings. The molecule has 0 fully saturated rings. The number of carboxylic acid groups (broad SMARTS) is 1. The quantitative estimate of drug-likeness (QED) is 0.677. The topological polar surface area (TPSA) is 81.1 Å². The van der Waals surface area contributed by atoms with Crippen molar-refractivity contribution in [2.24, 2.45) is 5.73 Å². The van der Waals surface area contributed by atoms with Crippen LogP contribution in [0.2, 0.25) is 0 Å². The van der Waals surface area contributed by atoms with Crippen molar-refractivity contribution < 1.29 is 9.90 Å². The lowest BCUT2D eigenvalue weighted by Gasteiger charge is -2.05. The van der Waals surface area contributed by atoms with Crippen LogP contribution in [0.3, 0.4) is 0 Å².